The van der Waals surface area contributed by atoms with Crippen LogP contribution in [-0.2, 0) is 28.3 Å². The van der Waals surface area contributed by atoms with Gasteiger partial charge in [0.2, 0.25) is 11.8 Å². The summed E-state index contributed by atoms with van der Waals surface area (Å²) >= 11 is 13.7. The number of halogens is 2. The third-order valence-electron chi connectivity index (χ3n) is 5.35. The van der Waals surface area contributed by atoms with Crippen molar-refractivity contribution in [1.82, 2.24) is 10.2 Å². The predicted molar refractivity (Wildman–Crippen MR) is 147 cm³/mol. The molecule has 0 saturated carbocycles. The lowest BCUT2D eigenvalue weighted by molar-refractivity contribution is -0.139. The zero-order valence-electron chi connectivity index (χ0n) is 19.9. The SMILES string of the molecule is CC(C)NC(=O)[C@H](Cc1ccccc1)N(Cc1cccc(Cl)c1)C(=O)CSCc1ccc(Cl)cc1. The lowest BCUT2D eigenvalue weighted by Crippen LogP contribution is -2.52. The zero-order valence-corrected chi connectivity index (χ0v) is 22.2. The average molecular weight is 530 g/mol. The summed E-state index contributed by atoms with van der Waals surface area (Å²) in [4.78, 5) is 28.6. The van der Waals surface area contributed by atoms with Crippen molar-refractivity contribution in [2.45, 2.75) is 44.6 Å². The minimum absolute atomic E-state index is 0.0387. The lowest BCUT2D eigenvalue weighted by Gasteiger charge is -2.32. The third-order valence-corrected chi connectivity index (χ3v) is 6.83. The summed E-state index contributed by atoms with van der Waals surface area (Å²) < 4.78 is 0. The Morgan fingerprint density at radius 1 is 0.857 bits per heavy atom. The van der Waals surface area contributed by atoms with Crippen molar-refractivity contribution in [3.05, 3.63) is 106 Å². The summed E-state index contributed by atoms with van der Waals surface area (Å²) in [6.07, 6.45) is 0.424. The molecule has 0 aliphatic heterocycles. The first kappa shape index (κ1) is 27.1. The molecule has 0 saturated heterocycles. The summed E-state index contributed by atoms with van der Waals surface area (Å²) in [5.41, 5.74) is 2.96. The molecule has 4 nitrogen and oxygen atoms in total. The second-order valence-electron chi connectivity index (χ2n) is 8.64. The normalized spacial score (nSPS) is 11.8. The van der Waals surface area contributed by atoms with Crippen molar-refractivity contribution < 1.29 is 9.59 Å². The first-order valence-electron chi connectivity index (χ1n) is 11.5. The summed E-state index contributed by atoms with van der Waals surface area (Å²) in [6.45, 7) is 4.13. The maximum absolute atomic E-state index is 13.6. The Morgan fingerprint density at radius 3 is 2.20 bits per heavy atom. The molecular formula is C28H30Cl2N2O2S. The Balaban J connectivity index is 1.84. The average Bonchev–Trinajstić information content (AvgIpc) is 2.82. The third kappa shape index (κ3) is 8.92. The Labute approximate surface area is 222 Å². The minimum atomic E-state index is -0.651. The molecule has 0 heterocycles. The van der Waals surface area contributed by atoms with Crippen LogP contribution in [0.2, 0.25) is 10.0 Å². The van der Waals surface area contributed by atoms with Crippen molar-refractivity contribution in [3.63, 3.8) is 0 Å². The van der Waals surface area contributed by atoms with Crippen LogP contribution in [0.5, 0.6) is 0 Å². The number of benzene rings is 3. The topological polar surface area (TPSA) is 49.4 Å². The van der Waals surface area contributed by atoms with E-state index in [0.717, 1.165) is 16.7 Å². The second-order valence-corrected chi connectivity index (χ2v) is 10.5. The van der Waals surface area contributed by atoms with E-state index in [1.807, 2.05) is 86.6 Å². The molecule has 0 aliphatic carbocycles. The smallest absolute Gasteiger partial charge is 0.243 e. The Kier molecular flexibility index (Phi) is 10.5. The number of hydrogen-bond acceptors (Lipinski definition) is 3. The molecule has 0 fully saturated rings. The van der Waals surface area contributed by atoms with Crippen LogP contribution in [0.25, 0.3) is 0 Å². The van der Waals surface area contributed by atoms with Crippen LogP contribution in [0.3, 0.4) is 0 Å². The van der Waals surface area contributed by atoms with Gasteiger partial charge in [-0.1, -0.05) is 77.8 Å². The van der Waals surface area contributed by atoms with E-state index in [1.165, 1.54) is 11.8 Å². The largest absolute Gasteiger partial charge is 0.352 e. The zero-order chi connectivity index (χ0) is 25.2. The van der Waals surface area contributed by atoms with Crippen molar-refractivity contribution in [1.29, 1.82) is 0 Å². The molecule has 0 spiro atoms. The highest BCUT2D eigenvalue weighted by Crippen LogP contribution is 2.21. The Morgan fingerprint density at radius 2 is 1.54 bits per heavy atom. The highest BCUT2D eigenvalue weighted by atomic mass is 35.5. The molecule has 3 aromatic carbocycles. The standard InChI is InChI=1S/C28H30Cl2N2O2S/c1-20(2)31-28(34)26(16-21-7-4-3-5-8-21)32(17-23-9-6-10-25(30)15-23)27(33)19-35-18-22-11-13-24(29)14-12-22/h3-15,20,26H,16-19H2,1-2H3,(H,31,34)/t26-/m0/s1. The van der Waals surface area contributed by atoms with Crippen molar-refractivity contribution in [2.75, 3.05) is 5.75 Å². The highest BCUT2D eigenvalue weighted by molar-refractivity contribution is 7.99. The van der Waals surface area contributed by atoms with E-state index >= 15 is 0 Å². The molecular weight excluding hydrogens is 499 g/mol. The summed E-state index contributed by atoms with van der Waals surface area (Å²) in [6, 6.07) is 24.1. The van der Waals surface area contributed by atoms with Crippen LogP contribution in [-0.4, -0.2) is 34.6 Å². The molecule has 0 radical (unpaired) electrons. The number of nitrogens with one attached hydrogen (secondary N) is 1. The number of hydrogen-bond donors (Lipinski definition) is 1. The molecule has 1 atom stereocenters. The minimum Gasteiger partial charge on any atom is -0.352 e. The van der Waals surface area contributed by atoms with Crippen LogP contribution >= 0.6 is 35.0 Å². The van der Waals surface area contributed by atoms with Gasteiger partial charge in [0.25, 0.3) is 0 Å². The van der Waals surface area contributed by atoms with Gasteiger partial charge in [-0.3, -0.25) is 9.59 Å². The van der Waals surface area contributed by atoms with Crippen molar-refractivity contribution in [3.8, 4) is 0 Å². The number of nitrogens with zero attached hydrogens (tertiary/aromatic N) is 1. The predicted octanol–water partition coefficient (Wildman–Crippen LogP) is 6.39. The second kappa shape index (κ2) is 13.6. The van der Waals surface area contributed by atoms with Gasteiger partial charge < -0.3 is 10.2 Å². The Hall–Kier alpha value is -2.47. The number of rotatable bonds is 11. The van der Waals surface area contributed by atoms with Gasteiger partial charge in [-0.15, -0.1) is 11.8 Å². The van der Waals surface area contributed by atoms with Gasteiger partial charge in [0.15, 0.2) is 0 Å². The van der Waals surface area contributed by atoms with E-state index in [2.05, 4.69) is 5.32 Å². The van der Waals surface area contributed by atoms with Crippen LogP contribution < -0.4 is 5.32 Å². The van der Waals surface area contributed by atoms with Gasteiger partial charge in [0.05, 0.1) is 5.75 Å². The van der Waals surface area contributed by atoms with Gasteiger partial charge in [0, 0.05) is 34.8 Å². The van der Waals surface area contributed by atoms with Crippen LogP contribution in [0.4, 0.5) is 0 Å². The molecule has 0 aliphatic rings. The summed E-state index contributed by atoms with van der Waals surface area (Å²) in [5, 5.41) is 4.28. The number of carbonyl (C=O) groups is 2. The van der Waals surface area contributed by atoms with Gasteiger partial charge in [-0.25, -0.2) is 0 Å². The quantitative estimate of drug-likeness (QED) is 0.313. The fraction of sp³-hybridized carbons (Fsp3) is 0.286. The monoisotopic (exact) mass is 528 g/mol. The van der Waals surface area contributed by atoms with E-state index < -0.39 is 6.04 Å². The van der Waals surface area contributed by atoms with E-state index in [1.54, 1.807) is 11.0 Å². The molecule has 1 N–H and O–H groups in total. The maximum atomic E-state index is 13.6. The molecule has 0 aromatic heterocycles. The maximum Gasteiger partial charge on any atom is 0.243 e. The van der Waals surface area contributed by atoms with E-state index in [0.29, 0.717) is 28.8 Å². The summed E-state index contributed by atoms with van der Waals surface area (Å²) in [7, 11) is 0. The fourth-order valence-electron chi connectivity index (χ4n) is 3.69. The first-order chi connectivity index (χ1) is 16.8. The first-order valence-corrected chi connectivity index (χ1v) is 13.4. The van der Waals surface area contributed by atoms with Gasteiger partial charge >= 0.3 is 0 Å². The fourth-order valence-corrected chi connectivity index (χ4v) is 4.90. The number of amides is 2. The molecule has 3 rings (SSSR count). The van der Waals surface area contributed by atoms with Crippen LogP contribution in [0.1, 0.15) is 30.5 Å². The van der Waals surface area contributed by atoms with Gasteiger partial charge in [0.1, 0.15) is 6.04 Å². The molecule has 184 valence electrons. The summed E-state index contributed by atoms with van der Waals surface area (Å²) in [5.74, 6) is 0.671. The van der Waals surface area contributed by atoms with E-state index in [4.69, 9.17) is 23.2 Å². The van der Waals surface area contributed by atoms with Crippen molar-refractivity contribution >= 4 is 46.8 Å². The van der Waals surface area contributed by atoms with E-state index in [9.17, 15) is 9.59 Å². The number of carbonyl (C=O) groups excluding carboxylic acids is 2. The molecule has 7 heteroatoms. The highest BCUT2D eigenvalue weighted by Gasteiger charge is 2.30. The van der Waals surface area contributed by atoms with Crippen molar-refractivity contribution in [2.24, 2.45) is 0 Å². The lowest BCUT2D eigenvalue weighted by atomic mass is 10.0. The Bertz CT molecular complexity index is 1110. The molecule has 3 aromatic rings. The molecule has 0 unspecified atom stereocenters. The van der Waals surface area contributed by atoms with Gasteiger partial charge in [-0.05, 0) is 54.8 Å². The molecule has 2 amide bonds. The van der Waals surface area contributed by atoms with E-state index in [-0.39, 0.29) is 23.6 Å². The molecule has 0 bridgehead atoms. The number of thioether (sulfide) groups is 1. The van der Waals surface area contributed by atoms with Crippen LogP contribution in [0, 0.1) is 0 Å². The van der Waals surface area contributed by atoms with Gasteiger partial charge in [-0.2, -0.15) is 0 Å². The van der Waals surface area contributed by atoms with Crippen LogP contribution in [0.15, 0.2) is 78.9 Å². The molecule has 35 heavy (non-hydrogen) atoms.